The number of aliphatic hydroxyl groups is 5. The average molecular weight is 687 g/mol. The largest absolute Gasteiger partial charge is 0.463 e. The van der Waals surface area contributed by atoms with Gasteiger partial charge in [-0.15, -0.1) is 0 Å². The van der Waals surface area contributed by atoms with E-state index in [9.17, 15) is 34.8 Å². The third-order valence-corrected chi connectivity index (χ3v) is 6.96. The molecule has 0 aromatic carbocycles. The number of nitrogens with two attached hydrogens (primary N) is 1. The molecule has 0 saturated carbocycles. The molecule has 270 valence electrons. The van der Waals surface area contributed by atoms with Gasteiger partial charge in [-0.05, 0) is 6.42 Å². The van der Waals surface area contributed by atoms with Crippen LogP contribution in [0.3, 0.4) is 0 Å². The van der Waals surface area contributed by atoms with E-state index in [0.29, 0.717) is 0 Å². The number of ether oxygens (including phenoxy) is 4. The number of unbranched alkanes of at least 4 members (excludes halogenated alkanes) is 2. The second-order valence-corrected chi connectivity index (χ2v) is 10.9. The summed E-state index contributed by atoms with van der Waals surface area (Å²) >= 11 is 0. The maximum absolute atomic E-state index is 12.0. The zero-order chi connectivity index (χ0) is 34.8. The van der Waals surface area contributed by atoms with Crippen LogP contribution in [0.2, 0.25) is 0 Å². The summed E-state index contributed by atoms with van der Waals surface area (Å²) in [5.74, 6) is -0.462. The van der Waals surface area contributed by atoms with Crippen molar-refractivity contribution < 1.29 is 54.1 Å². The summed E-state index contributed by atoms with van der Waals surface area (Å²) in [7, 11) is 0. The summed E-state index contributed by atoms with van der Waals surface area (Å²) in [6.07, 6.45) is -5.19. The molecule has 3 aliphatic heterocycles. The van der Waals surface area contributed by atoms with Crippen molar-refractivity contribution in [3.63, 3.8) is 0 Å². The molecule has 8 N–H and O–H groups in total. The van der Waals surface area contributed by atoms with E-state index < -0.39 is 73.4 Å². The van der Waals surface area contributed by atoms with Gasteiger partial charge in [0.2, 0.25) is 0 Å². The molecule has 48 heavy (non-hydrogen) atoms. The molecule has 2 fully saturated rings. The van der Waals surface area contributed by atoms with Crippen molar-refractivity contribution >= 4 is 29.9 Å². The zero-order valence-electron chi connectivity index (χ0n) is 26.2. The number of carbonyl (C=O) groups excluding carboxylic acids is 2. The first-order valence-electron chi connectivity index (χ1n) is 14.9. The van der Waals surface area contributed by atoms with Crippen molar-refractivity contribution in [2.24, 2.45) is 21.7 Å². The lowest BCUT2D eigenvalue weighted by Crippen LogP contribution is -2.42. The van der Waals surface area contributed by atoms with Crippen LogP contribution in [0.4, 0.5) is 10.6 Å². The number of anilines is 1. The van der Waals surface area contributed by atoms with E-state index in [4.69, 9.17) is 29.8 Å². The highest BCUT2D eigenvalue weighted by Gasteiger charge is 2.47. The van der Waals surface area contributed by atoms with Crippen LogP contribution in [-0.2, 0) is 23.7 Å². The van der Waals surface area contributed by atoms with Gasteiger partial charge in [0.25, 0.3) is 0 Å². The number of aromatic nitrogens is 3. The monoisotopic (exact) mass is 686 g/mol. The second-order valence-electron chi connectivity index (χ2n) is 10.9. The van der Waals surface area contributed by atoms with Gasteiger partial charge in [-0.1, -0.05) is 47.6 Å². The van der Waals surface area contributed by atoms with Gasteiger partial charge in [-0.2, -0.15) is 19.9 Å². The number of aliphatic hydroxyl groups excluding tert-OH is 5. The number of hydrogen-bond donors (Lipinski definition) is 7. The average Bonchev–Trinajstić information content (AvgIpc) is 3.47. The van der Waals surface area contributed by atoms with E-state index >= 15 is 0 Å². The van der Waals surface area contributed by atoms with Gasteiger partial charge in [0, 0.05) is 0 Å². The lowest BCUT2D eigenvalue weighted by atomic mass is 10.1. The van der Waals surface area contributed by atoms with Crippen molar-refractivity contribution in [1.29, 1.82) is 0 Å². The molecule has 20 nitrogen and oxygen atoms in total. The molecule has 2 saturated heterocycles. The van der Waals surface area contributed by atoms with Crippen molar-refractivity contribution in [3.05, 3.63) is 29.1 Å². The van der Waals surface area contributed by atoms with Gasteiger partial charge >= 0.3 is 17.8 Å². The number of esters is 1. The molecule has 4 rings (SSSR count). The molecule has 1 aromatic rings. The van der Waals surface area contributed by atoms with E-state index in [0.717, 1.165) is 30.1 Å². The predicted molar refractivity (Wildman–Crippen MR) is 168 cm³/mol. The summed E-state index contributed by atoms with van der Waals surface area (Å²) in [5.41, 5.74) is 4.58. The van der Waals surface area contributed by atoms with Crippen LogP contribution in [0.5, 0.6) is 0 Å². The molecule has 0 radical (unpaired) electrons. The molecule has 8 atom stereocenters. The van der Waals surface area contributed by atoms with Gasteiger partial charge in [-0.3, -0.25) is 10.1 Å². The number of amides is 1. The predicted octanol–water partition coefficient (Wildman–Crippen LogP) is -1.61. The Labute approximate surface area is 276 Å². The number of nitrogens with one attached hydrogen (secondary N) is 1. The van der Waals surface area contributed by atoms with Gasteiger partial charge < -0.3 is 50.2 Å². The molecule has 0 aliphatic carbocycles. The molecule has 0 bridgehead atoms. The first kappa shape index (κ1) is 40.1. The fraction of sp³-hybridized carbons (Fsp3) is 0.679. The lowest BCUT2D eigenvalue weighted by Gasteiger charge is -2.28. The number of nitrogens with zero attached hydrogens (tertiary/aromatic N) is 6. The Hall–Kier alpha value is -4.05. The Bertz CT molecular complexity index is 1360. The molecule has 1 unspecified atom stereocenters. The Morgan fingerprint density at radius 2 is 1.71 bits per heavy atom. The SMILES string of the molecule is C.C=C1N=C(N)C=NN1[C@@H]1O[C@H](COC(=O)C(C)C)C(O)[C@@H]1O.CCCCCOC(=O)Nc1cnn([C@@H]2O[C@H](CO)[C@@H](O)[C@H]2O)c(=O)n1. The van der Waals surface area contributed by atoms with Crippen molar-refractivity contribution in [1.82, 2.24) is 19.8 Å². The minimum absolute atomic E-state index is 0. The number of hydrogen-bond acceptors (Lipinski definition) is 18. The second kappa shape index (κ2) is 18.5. The van der Waals surface area contributed by atoms with Crippen LogP contribution in [0.25, 0.3) is 0 Å². The highest BCUT2D eigenvalue weighted by molar-refractivity contribution is 6.29. The van der Waals surface area contributed by atoms with Crippen LogP contribution in [-0.4, -0.2) is 132 Å². The van der Waals surface area contributed by atoms with Crippen LogP contribution in [0, 0.1) is 5.92 Å². The number of rotatable bonds is 11. The van der Waals surface area contributed by atoms with E-state index in [1.807, 2.05) is 6.92 Å². The quantitative estimate of drug-likeness (QED) is 0.102. The number of carbonyl (C=O) groups is 2. The molecule has 20 heteroatoms. The van der Waals surface area contributed by atoms with Gasteiger partial charge in [0.05, 0.1) is 31.5 Å². The lowest BCUT2D eigenvalue weighted by molar-refractivity contribution is -0.154. The van der Waals surface area contributed by atoms with Crippen LogP contribution in [0.1, 0.15) is 53.7 Å². The summed E-state index contributed by atoms with van der Waals surface area (Å²) in [6.45, 7) is 8.64. The Morgan fingerprint density at radius 3 is 2.29 bits per heavy atom. The summed E-state index contributed by atoms with van der Waals surface area (Å²) in [5, 5.41) is 60.0. The topological polar surface area (TPSA) is 286 Å². The van der Waals surface area contributed by atoms with Crippen LogP contribution >= 0.6 is 0 Å². The fourth-order valence-electron chi connectivity index (χ4n) is 4.35. The van der Waals surface area contributed by atoms with Gasteiger partial charge in [0.1, 0.15) is 54.9 Å². The van der Waals surface area contributed by atoms with Crippen LogP contribution in [0.15, 0.2) is 33.5 Å². The number of amidine groups is 1. The number of hydrazone groups is 1. The minimum Gasteiger partial charge on any atom is -0.463 e. The van der Waals surface area contributed by atoms with E-state index in [1.165, 1.54) is 11.2 Å². The maximum Gasteiger partial charge on any atom is 0.412 e. The molecule has 1 amide bonds. The minimum atomic E-state index is -1.45. The molecular formula is C28H46N8O12. The third-order valence-electron chi connectivity index (χ3n) is 6.96. The Balaban J connectivity index is 0.000000329. The standard InChI is InChI=1S/C14H22N4O7.C13H20N4O5.CH4/c1-2-3-4-5-24-14(23)17-9-6-15-18(13(22)16-9)12-11(21)10(20)8(7-19)25-12;1-6(2)13(20)21-5-8-10(18)11(19)12(22-8)17-7(3)16-9(14)4-15-17;/h6,8,10-12,19-21H,2-5,7H2,1H3,(H,16,17,22,23);4,6,8,10-12,18-19H,3,5H2,1-2H3,(H2,14,16);1H4/t8-,10-,11-,12-;8-,10?,11+,12-;/m11./s1. The van der Waals surface area contributed by atoms with E-state index in [-0.39, 0.29) is 44.0 Å². The third kappa shape index (κ3) is 10.2. The van der Waals surface area contributed by atoms with Crippen molar-refractivity contribution in [2.45, 2.75) is 96.5 Å². The van der Waals surface area contributed by atoms with Crippen LogP contribution < -0.4 is 16.7 Å². The smallest absolute Gasteiger partial charge is 0.412 e. The molecule has 0 spiro atoms. The normalized spacial score (nSPS) is 27.9. The Kier molecular flexibility index (Phi) is 15.5. The first-order valence-corrected chi connectivity index (χ1v) is 14.9. The first-order chi connectivity index (χ1) is 22.3. The summed E-state index contributed by atoms with van der Waals surface area (Å²) < 4.78 is 21.4. The zero-order valence-corrected chi connectivity index (χ0v) is 26.2. The summed E-state index contributed by atoms with van der Waals surface area (Å²) in [4.78, 5) is 42.6. The Morgan fingerprint density at radius 1 is 1.06 bits per heavy atom. The van der Waals surface area contributed by atoms with Crippen molar-refractivity contribution in [3.8, 4) is 0 Å². The van der Waals surface area contributed by atoms with Gasteiger partial charge in [-0.25, -0.2) is 19.6 Å². The van der Waals surface area contributed by atoms with Crippen molar-refractivity contribution in [2.75, 3.05) is 25.1 Å². The summed E-state index contributed by atoms with van der Waals surface area (Å²) in [6, 6.07) is 0. The molecule has 3 aliphatic rings. The number of aliphatic imine (C=N–C) groups is 1. The molecule has 1 aromatic heterocycles. The fourth-order valence-corrected chi connectivity index (χ4v) is 4.35. The molecule has 4 heterocycles. The van der Waals surface area contributed by atoms with E-state index in [2.05, 4.69) is 32.1 Å². The highest BCUT2D eigenvalue weighted by Crippen LogP contribution is 2.29. The highest BCUT2D eigenvalue weighted by atomic mass is 16.6. The van der Waals surface area contributed by atoms with Gasteiger partial charge in [0.15, 0.2) is 18.3 Å². The molecular weight excluding hydrogens is 640 g/mol. The maximum atomic E-state index is 12.0. The van der Waals surface area contributed by atoms with E-state index in [1.54, 1.807) is 13.8 Å².